The van der Waals surface area contributed by atoms with E-state index in [2.05, 4.69) is 29.2 Å². The third kappa shape index (κ3) is 3.14. The molecule has 1 nitrogen and oxygen atoms in total. The normalized spacial score (nSPS) is 16.1. The Bertz CT molecular complexity index is 519. The minimum atomic E-state index is -0.968. The zero-order valence-corrected chi connectivity index (χ0v) is 10.9. The SMILES string of the molecule is FC1(CN(Cc2ccccc2)c2ccccc2)CC1. The third-order valence-corrected chi connectivity index (χ3v) is 3.60. The van der Waals surface area contributed by atoms with Gasteiger partial charge in [-0.3, -0.25) is 0 Å². The Hall–Kier alpha value is -1.83. The molecule has 3 rings (SSSR count). The van der Waals surface area contributed by atoms with Gasteiger partial charge in [-0.1, -0.05) is 48.5 Å². The molecule has 98 valence electrons. The molecule has 0 radical (unpaired) electrons. The Morgan fingerprint density at radius 2 is 1.47 bits per heavy atom. The zero-order chi connectivity index (χ0) is 13.1. The molecule has 0 N–H and O–H groups in total. The quantitative estimate of drug-likeness (QED) is 0.774. The lowest BCUT2D eigenvalue weighted by Gasteiger charge is -2.26. The average molecular weight is 255 g/mol. The topological polar surface area (TPSA) is 3.24 Å². The van der Waals surface area contributed by atoms with Crippen molar-refractivity contribution in [1.82, 2.24) is 0 Å². The number of rotatable bonds is 5. The van der Waals surface area contributed by atoms with Crippen LogP contribution >= 0.6 is 0 Å². The van der Waals surface area contributed by atoms with Crippen molar-refractivity contribution in [2.45, 2.75) is 25.1 Å². The number of alkyl halides is 1. The van der Waals surface area contributed by atoms with Crippen molar-refractivity contribution in [1.29, 1.82) is 0 Å². The van der Waals surface area contributed by atoms with Gasteiger partial charge in [-0.15, -0.1) is 0 Å². The van der Waals surface area contributed by atoms with Gasteiger partial charge in [0.2, 0.25) is 0 Å². The lowest BCUT2D eigenvalue weighted by molar-refractivity contribution is 0.310. The molecule has 1 saturated carbocycles. The summed E-state index contributed by atoms with van der Waals surface area (Å²) in [5.74, 6) is 0. The maximum Gasteiger partial charge on any atom is 0.128 e. The molecule has 2 heteroatoms. The molecule has 19 heavy (non-hydrogen) atoms. The number of hydrogen-bond acceptors (Lipinski definition) is 1. The van der Waals surface area contributed by atoms with Crippen LogP contribution in [-0.4, -0.2) is 12.2 Å². The van der Waals surface area contributed by atoms with Gasteiger partial charge in [-0.05, 0) is 30.5 Å². The predicted molar refractivity (Wildman–Crippen MR) is 77.0 cm³/mol. The number of benzene rings is 2. The van der Waals surface area contributed by atoms with Crippen LogP contribution in [-0.2, 0) is 6.54 Å². The van der Waals surface area contributed by atoms with Crippen LogP contribution in [0.3, 0.4) is 0 Å². The van der Waals surface area contributed by atoms with Gasteiger partial charge in [0.1, 0.15) is 5.67 Å². The summed E-state index contributed by atoms with van der Waals surface area (Å²) in [7, 11) is 0. The van der Waals surface area contributed by atoms with Crippen LogP contribution in [0.15, 0.2) is 60.7 Å². The molecule has 0 amide bonds. The van der Waals surface area contributed by atoms with E-state index in [9.17, 15) is 4.39 Å². The van der Waals surface area contributed by atoms with Gasteiger partial charge in [0.05, 0.1) is 6.54 Å². The second-order valence-electron chi connectivity index (χ2n) is 5.33. The smallest absolute Gasteiger partial charge is 0.128 e. The minimum absolute atomic E-state index is 0.492. The van der Waals surface area contributed by atoms with Crippen molar-refractivity contribution in [2.75, 3.05) is 11.4 Å². The van der Waals surface area contributed by atoms with Crippen molar-refractivity contribution in [3.63, 3.8) is 0 Å². The maximum absolute atomic E-state index is 14.1. The Kier molecular flexibility index (Phi) is 3.24. The summed E-state index contributed by atoms with van der Waals surface area (Å²) in [6.45, 7) is 1.25. The second kappa shape index (κ2) is 5.04. The molecule has 1 aliphatic rings. The molecular formula is C17H18FN. The Morgan fingerprint density at radius 1 is 0.895 bits per heavy atom. The average Bonchev–Trinajstić information content (AvgIpc) is 3.18. The molecule has 0 heterocycles. The molecule has 0 aromatic heterocycles. The first-order chi connectivity index (χ1) is 9.25. The van der Waals surface area contributed by atoms with Crippen molar-refractivity contribution >= 4 is 5.69 Å². The summed E-state index contributed by atoms with van der Waals surface area (Å²) >= 11 is 0. The van der Waals surface area contributed by atoms with E-state index in [-0.39, 0.29) is 0 Å². The zero-order valence-electron chi connectivity index (χ0n) is 10.9. The molecule has 0 atom stereocenters. The van der Waals surface area contributed by atoms with E-state index in [1.165, 1.54) is 5.56 Å². The van der Waals surface area contributed by atoms with E-state index in [0.29, 0.717) is 19.4 Å². The number of hydrogen-bond donors (Lipinski definition) is 0. The van der Waals surface area contributed by atoms with Crippen molar-refractivity contribution in [3.8, 4) is 0 Å². The lowest BCUT2D eigenvalue weighted by Crippen LogP contribution is -2.31. The van der Waals surface area contributed by atoms with Crippen LogP contribution in [0.2, 0.25) is 0 Å². The third-order valence-electron chi connectivity index (χ3n) is 3.60. The number of anilines is 1. The minimum Gasteiger partial charge on any atom is -0.364 e. The fraction of sp³-hybridized carbons (Fsp3) is 0.294. The Balaban J connectivity index is 1.80. The number of nitrogens with zero attached hydrogens (tertiary/aromatic N) is 1. The van der Waals surface area contributed by atoms with Crippen LogP contribution in [0.1, 0.15) is 18.4 Å². The van der Waals surface area contributed by atoms with Crippen molar-refractivity contribution in [2.24, 2.45) is 0 Å². The summed E-state index contributed by atoms with van der Waals surface area (Å²) in [5.41, 5.74) is 1.34. The van der Waals surface area contributed by atoms with Gasteiger partial charge in [0.25, 0.3) is 0 Å². The van der Waals surface area contributed by atoms with Crippen LogP contribution in [0.25, 0.3) is 0 Å². The highest BCUT2D eigenvalue weighted by molar-refractivity contribution is 5.47. The summed E-state index contributed by atoms with van der Waals surface area (Å²) in [5, 5.41) is 0. The standard InChI is InChI=1S/C17H18FN/c18-17(11-12-17)14-19(16-9-5-2-6-10-16)13-15-7-3-1-4-8-15/h1-10H,11-14H2. The fourth-order valence-corrected chi connectivity index (χ4v) is 2.32. The van der Waals surface area contributed by atoms with E-state index >= 15 is 0 Å². The summed E-state index contributed by atoms with van der Waals surface area (Å²) in [6.07, 6.45) is 1.40. The highest BCUT2D eigenvalue weighted by atomic mass is 19.1. The molecular weight excluding hydrogens is 237 g/mol. The number of para-hydroxylation sites is 1. The summed E-state index contributed by atoms with van der Waals surface area (Å²) < 4.78 is 14.1. The number of halogens is 1. The molecule has 0 saturated heterocycles. The van der Waals surface area contributed by atoms with E-state index in [1.807, 2.05) is 36.4 Å². The maximum atomic E-state index is 14.1. The summed E-state index contributed by atoms with van der Waals surface area (Å²) in [6, 6.07) is 20.4. The monoisotopic (exact) mass is 255 g/mol. The van der Waals surface area contributed by atoms with E-state index in [0.717, 1.165) is 12.2 Å². The fourth-order valence-electron chi connectivity index (χ4n) is 2.32. The summed E-state index contributed by atoms with van der Waals surface area (Å²) in [4.78, 5) is 2.14. The van der Waals surface area contributed by atoms with E-state index in [1.54, 1.807) is 0 Å². The molecule has 0 aliphatic heterocycles. The van der Waals surface area contributed by atoms with Gasteiger partial charge >= 0.3 is 0 Å². The van der Waals surface area contributed by atoms with Gasteiger partial charge in [-0.2, -0.15) is 0 Å². The van der Waals surface area contributed by atoms with Crippen molar-refractivity contribution < 1.29 is 4.39 Å². The van der Waals surface area contributed by atoms with Gasteiger partial charge in [-0.25, -0.2) is 4.39 Å². The van der Waals surface area contributed by atoms with Gasteiger partial charge in [0.15, 0.2) is 0 Å². The highest BCUT2D eigenvalue weighted by Crippen LogP contribution is 2.41. The van der Waals surface area contributed by atoms with E-state index in [4.69, 9.17) is 0 Å². The van der Waals surface area contributed by atoms with Crippen LogP contribution < -0.4 is 4.90 Å². The molecule has 1 fully saturated rings. The predicted octanol–water partition coefficient (Wildman–Crippen LogP) is 4.20. The Morgan fingerprint density at radius 3 is 2.05 bits per heavy atom. The van der Waals surface area contributed by atoms with Crippen LogP contribution in [0.4, 0.5) is 10.1 Å². The van der Waals surface area contributed by atoms with Gasteiger partial charge < -0.3 is 4.90 Å². The molecule has 2 aromatic rings. The Labute approximate surface area is 113 Å². The first-order valence-electron chi connectivity index (χ1n) is 6.78. The molecule has 2 aromatic carbocycles. The van der Waals surface area contributed by atoms with Gasteiger partial charge in [0, 0.05) is 12.2 Å². The molecule has 0 bridgehead atoms. The van der Waals surface area contributed by atoms with E-state index < -0.39 is 5.67 Å². The molecule has 1 aliphatic carbocycles. The molecule has 0 unspecified atom stereocenters. The van der Waals surface area contributed by atoms with Crippen LogP contribution in [0, 0.1) is 0 Å². The van der Waals surface area contributed by atoms with Crippen LogP contribution in [0.5, 0.6) is 0 Å². The first kappa shape index (κ1) is 12.2. The second-order valence-corrected chi connectivity index (χ2v) is 5.33. The largest absolute Gasteiger partial charge is 0.364 e. The lowest BCUT2D eigenvalue weighted by atomic mass is 10.1. The highest BCUT2D eigenvalue weighted by Gasteiger charge is 2.44. The van der Waals surface area contributed by atoms with Crippen molar-refractivity contribution in [3.05, 3.63) is 66.2 Å². The first-order valence-corrected chi connectivity index (χ1v) is 6.78. The molecule has 0 spiro atoms.